The average molecular weight is 438 g/mol. The molecule has 1 aromatic heterocycles. The number of benzene rings is 1. The minimum absolute atomic E-state index is 0.113. The number of pyridine rings is 1. The van der Waals surface area contributed by atoms with Crippen LogP contribution < -0.4 is 10.1 Å². The van der Waals surface area contributed by atoms with Crippen LogP contribution in [0.3, 0.4) is 0 Å². The van der Waals surface area contributed by atoms with E-state index in [1.807, 2.05) is 25.1 Å². The maximum atomic E-state index is 12.4. The fourth-order valence-electron chi connectivity index (χ4n) is 3.17. The molecule has 0 atom stereocenters. The summed E-state index contributed by atoms with van der Waals surface area (Å²) in [6.45, 7) is 3.08. The van der Waals surface area contributed by atoms with Crippen LogP contribution >= 0.6 is 11.6 Å². The van der Waals surface area contributed by atoms with E-state index in [1.165, 1.54) is 10.6 Å². The Bertz CT molecular complexity index is 989. The van der Waals surface area contributed by atoms with Crippen LogP contribution in [-0.2, 0) is 16.6 Å². The molecule has 1 N–H and O–H groups in total. The molecule has 1 saturated heterocycles. The molecule has 156 valence electrons. The van der Waals surface area contributed by atoms with Crippen LogP contribution in [0.5, 0.6) is 5.75 Å². The quantitative estimate of drug-likeness (QED) is 0.750. The minimum Gasteiger partial charge on any atom is -0.489 e. The number of sulfonamides is 1. The number of aryl methyl sites for hydroxylation is 1. The highest BCUT2D eigenvalue weighted by atomic mass is 35.5. The van der Waals surface area contributed by atoms with Gasteiger partial charge < -0.3 is 10.1 Å². The summed E-state index contributed by atoms with van der Waals surface area (Å²) in [5.74, 6) is 0.240. The predicted octanol–water partition coefficient (Wildman–Crippen LogP) is 2.78. The first-order chi connectivity index (χ1) is 13.7. The van der Waals surface area contributed by atoms with Crippen molar-refractivity contribution in [1.29, 1.82) is 0 Å². The molecule has 3 rings (SSSR count). The van der Waals surface area contributed by atoms with Gasteiger partial charge in [-0.15, -0.1) is 0 Å². The number of nitrogens with one attached hydrogen (secondary N) is 1. The van der Waals surface area contributed by atoms with E-state index in [2.05, 4.69) is 10.3 Å². The fraction of sp³-hybridized carbons (Fsp3) is 0.400. The third kappa shape index (κ3) is 5.91. The maximum absolute atomic E-state index is 12.4. The Kier molecular flexibility index (Phi) is 6.77. The van der Waals surface area contributed by atoms with E-state index >= 15 is 0 Å². The molecule has 29 heavy (non-hydrogen) atoms. The smallest absolute Gasteiger partial charge is 0.251 e. The van der Waals surface area contributed by atoms with Crippen LogP contribution in [0.2, 0.25) is 5.02 Å². The van der Waals surface area contributed by atoms with Gasteiger partial charge in [0.05, 0.1) is 23.5 Å². The topological polar surface area (TPSA) is 88.6 Å². The standard InChI is InChI=1S/C20H24ClN3O4S/c1-14-4-3-5-16(23-14)13-22-20(25)15-6-7-19(18(21)12-15)28-17-8-10-24(11-9-17)29(2,26)27/h3-7,12,17H,8-11,13H2,1-2H3,(H,22,25). The van der Waals surface area contributed by atoms with Gasteiger partial charge in [0.1, 0.15) is 11.9 Å². The van der Waals surface area contributed by atoms with Gasteiger partial charge >= 0.3 is 0 Å². The molecule has 2 aromatic rings. The van der Waals surface area contributed by atoms with Crippen molar-refractivity contribution in [2.75, 3.05) is 19.3 Å². The summed E-state index contributed by atoms with van der Waals surface area (Å²) in [6, 6.07) is 10.5. The van der Waals surface area contributed by atoms with Gasteiger partial charge in [0, 0.05) is 24.3 Å². The lowest BCUT2D eigenvalue weighted by Gasteiger charge is -2.30. The maximum Gasteiger partial charge on any atom is 0.251 e. The molecule has 1 aliphatic heterocycles. The molecular formula is C20H24ClN3O4S. The molecule has 0 radical (unpaired) electrons. The van der Waals surface area contributed by atoms with Gasteiger partial charge in [-0.1, -0.05) is 17.7 Å². The fourth-order valence-corrected chi connectivity index (χ4v) is 4.27. The lowest BCUT2D eigenvalue weighted by Crippen LogP contribution is -2.41. The summed E-state index contributed by atoms with van der Waals surface area (Å²) in [5.41, 5.74) is 2.11. The summed E-state index contributed by atoms with van der Waals surface area (Å²) >= 11 is 6.31. The first-order valence-electron chi connectivity index (χ1n) is 9.34. The molecule has 0 spiro atoms. The molecule has 0 unspecified atom stereocenters. The van der Waals surface area contributed by atoms with Crippen LogP contribution in [0.4, 0.5) is 0 Å². The van der Waals surface area contributed by atoms with Crippen molar-refractivity contribution >= 4 is 27.5 Å². The van der Waals surface area contributed by atoms with E-state index in [0.29, 0.717) is 48.8 Å². The second-order valence-corrected chi connectivity index (χ2v) is 9.47. The molecule has 1 amide bonds. The van der Waals surface area contributed by atoms with Gasteiger partial charge in [-0.2, -0.15) is 0 Å². The van der Waals surface area contributed by atoms with Gasteiger partial charge in [-0.25, -0.2) is 12.7 Å². The summed E-state index contributed by atoms with van der Waals surface area (Å²) < 4.78 is 30.6. The molecule has 0 aliphatic carbocycles. The van der Waals surface area contributed by atoms with Crippen molar-refractivity contribution < 1.29 is 17.9 Å². The van der Waals surface area contributed by atoms with Crippen LogP contribution in [0.15, 0.2) is 36.4 Å². The summed E-state index contributed by atoms with van der Waals surface area (Å²) in [7, 11) is -3.17. The van der Waals surface area contributed by atoms with Gasteiger partial charge in [-0.3, -0.25) is 9.78 Å². The number of amides is 1. The highest BCUT2D eigenvalue weighted by molar-refractivity contribution is 7.88. The number of carbonyl (C=O) groups excluding carboxylic acids is 1. The predicted molar refractivity (Wildman–Crippen MR) is 112 cm³/mol. The number of carbonyl (C=O) groups is 1. The van der Waals surface area contributed by atoms with E-state index < -0.39 is 10.0 Å². The Morgan fingerprint density at radius 2 is 2.00 bits per heavy atom. The second kappa shape index (κ2) is 9.11. The van der Waals surface area contributed by atoms with Gasteiger partial charge in [0.15, 0.2) is 0 Å². The van der Waals surface area contributed by atoms with Crippen molar-refractivity contribution in [3.8, 4) is 5.75 Å². The molecule has 1 aliphatic rings. The zero-order valence-electron chi connectivity index (χ0n) is 16.4. The average Bonchev–Trinajstić information content (AvgIpc) is 2.67. The lowest BCUT2D eigenvalue weighted by atomic mass is 10.1. The van der Waals surface area contributed by atoms with Crippen LogP contribution in [0.25, 0.3) is 0 Å². The zero-order chi connectivity index (χ0) is 21.0. The SMILES string of the molecule is Cc1cccc(CNC(=O)c2ccc(OC3CCN(S(C)(=O)=O)CC3)c(Cl)c2)n1. The van der Waals surface area contributed by atoms with Crippen molar-refractivity contribution in [1.82, 2.24) is 14.6 Å². The van der Waals surface area contributed by atoms with Crippen LogP contribution in [-0.4, -0.2) is 49.1 Å². The highest BCUT2D eigenvalue weighted by Gasteiger charge is 2.26. The van der Waals surface area contributed by atoms with E-state index in [4.69, 9.17) is 16.3 Å². The van der Waals surface area contributed by atoms with Crippen molar-refractivity contribution in [2.24, 2.45) is 0 Å². The number of halogens is 1. The number of rotatable bonds is 6. The van der Waals surface area contributed by atoms with E-state index in [-0.39, 0.29) is 12.0 Å². The molecule has 2 heterocycles. The number of hydrogen-bond acceptors (Lipinski definition) is 5. The molecule has 0 saturated carbocycles. The van der Waals surface area contributed by atoms with Gasteiger partial charge in [0.2, 0.25) is 10.0 Å². The van der Waals surface area contributed by atoms with Gasteiger partial charge in [0.25, 0.3) is 5.91 Å². The Morgan fingerprint density at radius 3 is 2.62 bits per heavy atom. The normalized spacial score (nSPS) is 15.8. The molecule has 0 bridgehead atoms. The first-order valence-corrected chi connectivity index (χ1v) is 11.6. The monoisotopic (exact) mass is 437 g/mol. The second-order valence-electron chi connectivity index (χ2n) is 7.08. The number of piperidine rings is 1. The highest BCUT2D eigenvalue weighted by Crippen LogP contribution is 2.28. The Morgan fingerprint density at radius 1 is 1.28 bits per heavy atom. The summed E-state index contributed by atoms with van der Waals surface area (Å²) in [6.07, 6.45) is 2.28. The largest absolute Gasteiger partial charge is 0.489 e. The lowest BCUT2D eigenvalue weighted by molar-refractivity contribution is 0.0950. The van der Waals surface area contributed by atoms with Crippen molar-refractivity contribution in [3.63, 3.8) is 0 Å². The van der Waals surface area contributed by atoms with E-state index in [9.17, 15) is 13.2 Å². The Labute approximate surface area is 176 Å². The minimum atomic E-state index is -3.17. The van der Waals surface area contributed by atoms with Crippen molar-refractivity contribution in [3.05, 3.63) is 58.4 Å². The number of aromatic nitrogens is 1. The van der Waals surface area contributed by atoms with Crippen LogP contribution in [0.1, 0.15) is 34.6 Å². The summed E-state index contributed by atoms with van der Waals surface area (Å²) in [5, 5.41) is 3.17. The number of ether oxygens (including phenoxy) is 1. The molecule has 7 nitrogen and oxygen atoms in total. The third-order valence-corrected chi connectivity index (χ3v) is 6.33. The molecular weight excluding hydrogens is 414 g/mol. The third-order valence-electron chi connectivity index (χ3n) is 4.73. The van der Waals surface area contributed by atoms with E-state index in [1.54, 1.807) is 18.2 Å². The molecule has 9 heteroatoms. The molecule has 1 fully saturated rings. The van der Waals surface area contributed by atoms with Crippen molar-refractivity contribution in [2.45, 2.75) is 32.4 Å². The Hall–Kier alpha value is -2.16. The van der Waals surface area contributed by atoms with Gasteiger partial charge in [-0.05, 0) is 50.1 Å². The van der Waals surface area contributed by atoms with Crippen LogP contribution in [0, 0.1) is 6.92 Å². The zero-order valence-corrected chi connectivity index (χ0v) is 18.0. The van der Waals surface area contributed by atoms with E-state index in [0.717, 1.165) is 11.4 Å². The first kappa shape index (κ1) is 21.5. The Balaban J connectivity index is 1.56. The number of nitrogens with zero attached hydrogens (tertiary/aromatic N) is 2. The molecule has 1 aromatic carbocycles. The number of hydrogen-bond donors (Lipinski definition) is 1. The summed E-state index contributed by atoms with van der Waals surface area (Å²) in [4.78, 5) is 16.7.